The Morgan fingerprint density at radius 3 is 2.62 bits per heavy atom. The Balaban J connectivity index is 1.07. The quantitative estimate of drug-likeness (QED) is 0.457. The van der Waals surface area contributed by atoms with Crippen molar-refractivity contribution in [3.63, 3.8) is 0 Å². The molecule has 192 valence electrons. The lowest BCUT2D eigenvalue weighted by atomic mass is 9.72. The summed E-state index contributed by atoms with van der Waals surface area (Å²) in [6.45, 7) is 7.24. The summed E-state index contributed by atoms with van der Waals surface area (Å²) in [4.78, 5) is 18.3. The number of pyridine rings is 1. The van der Waals surface area contributed by atoms with Gasteiger partial charge in [0.1, 0.15) is 17.9 Å². The van der Waals surface area contributed by atoms with E-state index in [4.69, 9.17) is 9.47 Å². The second kappa shape index (κ2) is 9.33. The number of halogens is 1. The van der Waals surface area contributed by atoms with Crippen LogP contribution in [0.25, 0.3) is 11.1 Å². The van der Waals surface area contributed by atoms with Gasteiger partial charge in [0.2, 0.25) is 0 Å². The van der Waals surface area contributed by atoms with E-state index in [1.54, 1.807) is 24.7 Å². The molecule has 1 saturated carbocycles. The van der Waals surface area contributed by atoms with Crippen molar-refractivity contribution in [3.8, 4) is 22.6 Å². The lowest BCUT2D eigenvalue weighted by molar-refractivity contribution is -0.0430. The Bertz CT molecular complexity index is 1280. The van der Waals surface area contributed by atoms with Crippen molar-refractivity contribution in [1.29, 1.82) is 0 Å². The average molecular weight is 502 g/mol. The summed E-state index contributed by atoms with van der Waals surface area (Å²) in [6, 6.07) is 8.59. The van der Waals surface area contributed by atoms with E-state index in [0.29, 0.717) is 28.4 Å². The predicted molar refractivity (Wildman–Crippen MR) is 138 cm³/mol. The van der Waals surface area contributed by atoms with Gasteiger partial charge in [-0.05, 0) is 55.9 Å². The minimum atomic E-state index is -0.294. The van der Waals surface area contributed by atoms with E-state index in [1.165, 1.54) is 25.5 Å². The van der Waals surface area contributed by atoms with E-state index in [2.05, 4.69) is 24.8 Å². The van der Waals surface area contributed by atoms with Gasteiger partial charge in [0.05, 0.1) is 11.9 Å². The van der Waals surface area contributed by atoms with Gasteiger partial charge >= 0.3 is 0 Å². The number of likely N-dealkylation sites (tertiary alicyclic amines) is 1. The number of nitrogens with zero attached hydrogens (tertiary/aromatic N) is 5. The number of benzene rings is 1. The highest BCUT2D eigenvalue weighted by Gasteiger charge is 2.52. The molecule has 0 amide bonds. The fourth-order valence-corrected chi connectivity index (χ4v) is 6.31. The van der Waals surface area contributed by atoms with Crippen LogP contribution in [0.1, 0.15) is 37.3 Å². The summed E-state index contributed by atoms with van der Waals surface area (Å²) in [6.07, 6.45) is 9.70. The molecular weight excluding hydrogens is 469 g/mol. The van der Waals surface area contributed by atoms with E-state index < -0.39 is 0 Å². The van der Waals surface area contributed by atoms with Crippen molar-refractivity contribution in [2.45, 2.75) is 31.6 Å². The molecule has 1 aromatic carbocycles. The number of ether oxygens (including phenoxy) is 2. The maximum Gasteiger partial charge on any atom is 0.188 e. The molecule has 37 heavy (non-hydrogen) atoms. The van der Waals surface area contributed by atoms with Crippen molar-refractivity contribution in [2.75, 3.05) is 50.8 Å². The number of anilines is 1. The van der Waals surface area contributed by atoms with Crippen LogP contribution < -0.4 is 9.64 Å². The van der Waals surface area contributed by atoms with Crippen molar-refractivity contribution in [3.05, 3.63) is 60.6 Å². The van der Waals surface area contributed by atoms with Crippen LogP contribution in [0.4, 0.5) is 10.2 Å². The minimum absolute atomic E-state index is 0.294. The summed E-state index contributed by atoms with van der Waals surface area (Å²) in [5.41, 5.74) is 3.01. The SMILES string of the molecule is Fc1ccc(Oc2cncnc2N2CC3(CN(CC4CCOCC4)C3)C2)c(-c2cccnc2C2CC2)c1. The molecule has 0 unspecified atom stereocenters. The molecule has 1 spiro atoms. The molecule has 2 aromatic heterocycles. The highest BCUT2D eigenvalue weighted by atomic mass is 19.1. The Morgan fingerprint density at radius 1 is 0.973 bits per heavy atom. The Morgan fingerprint density at radius 2 is 1.81 bits per heavy atom. The molecule has 5 heterocycles. The standard InChI is InChI=1S/C29H32FN5O2/c30-22-5-6-25(24(12-22)23-2-1-9-32-27(23)21-3-4-21)37-26-13-31-19-33-28(26)35-17-29(18-35)15-34(16-29)14-20-7-10-36-11-8-20/h1-2,5-6,9,12-13,19-21H,3-4,7-8,10-11,14-18H2. The number of rotatable bonds is 7. The second-order valence-corrected chi connectivity index (χ2v) is 11.2. The molecule has 0 bridgehead atoms. The highest BCUT2D eigenvalue weighted by molar-refractivity contribution is 5.74. The molecule has 0 atom stereocenters. The first-order valence-corrected chi connectivity index (χ1v) is 13.4. The Kier molecular flexibility index (Phi) is 5.81. The average Bonchev–Trinajstić information content (AvgIpc) is 3.73. The maximum absolute atomic E-state index is 14.4. The first kappa shape index (κ1) is 23.0. The van der Waals surface area contributed by atoms with E-state index in [-0.39, 0.29) is 5.82 Å². The molecule has 7 nitrogen and oxygen atoms in total. The fourth-order valence-electron chi connectivity index (χ4n) is 6.31. The molecule has 8 heteroatoms. The van der Waals surface area contributed by atoms with E-state index in [9.17, 15) is 4.39 Å². The maximum atomic E-state index is 14.4. The van der Waals surface area contributed by atoms with Crippen molar-refractivity contribution in [2.24, 2.45) is 11.3 Å². The zero-order valence-corrected chi connectivity index (χ0v) is 21.0. The predicted octanol–water partition coefficient (Wildman–Crippen LogP) is 4.90. The molecule has 1 aliphatic carbocycles. The smallest absolute Gasteiger partial charge is 0.188 e. The van der Waals surface area contributed by atoms with Crippen molar-refractivity contribution in [1.82, 2.24) is 19.9 Å². The van der Waals surface area contributed by atoms with Crippen LogP contribution in [-0.2, 0) is 4.74 Å². The van der Waals surface area contributed by atoms with Crippen LogP contribution in [0, 0.1) is 17.2 Å². The molecule has 3 saturated heterocycles. The largest absolute Gasteiger partial charge is 0.451 e. The third-order valence-electron chi connectivity index (χ3n) is 8.24. The Hall–Kier alpha value is -3.10. The van der Waals surface area contributed by atoms with Gasteiger partial charge in [-0.1, -0.05) is 6.07 Å². The monoisotopic (exact) mass is 501 g/mol. The number of hydrogen-bond acceptors (Lipinski definition) is 7. The highest BCUT2D eigenvalue weighted by Crippen LogP contribution is 2.47. The molecular formula is C29H32FN5O2. The van der Waals surface area contributed by atoms with Gasteiger partial charge < -0.3 is 19.3 Å². The first-order valence-electron chi connectivity index (χ1n) is 13.4. The van der Waals surface area contributed by atoms with Crippen LogP contribution in [0.3, 0.4) is 0 Å². The second-order valence-electron chi connectivity index (χ2n) is 11.2. The van der Waals surface area contributed by atoms with Gasteiger partial charge in [-0.3, -0.25) is 4.98 Å². The van der Waals surface area contributed by atoms with Gasteiger partial charge in [0.15, 0.2) is 11.6 Å². The van der Waals surface area contributed by atoms with Crippen LogP contribution in [-0.4, -0.2) is 65.8 Å². The summed E-state index contributed by atoms with van der Waals surface area (Å²) < 4.78 is 26.3. The minimum Gasteiger partial charge on any atom is -0.451 e. The number of hydrogen-bond donors (Lipinski definition) is 0. The summed E-state index contributed by atoms with van der Waals surface area (Å²) in [7, 11) is 0. The zero-order valence-electron chi connectivity index (χ0n) is 21.0. The molecule has 3 aliphatic heterocycles. The summed E-state index contributed by atoms with van der Waals surface area (Å²) in [5.74, 6) is 2.90. The van der Waals surface area contributed by atoms with E-state index in [1.807, 2.05) is 18.3 Å². The van der Waals surface area contributed by atoms with Crippen LogP contribution in [0.2, 0.25) is 0 Å². The molecule has 7 rings (SSSR count). The fraction of sp³-hybridized carbons (Fsp3) is 0.483. The third kappa shape index (κ3) is 4.57. The summed E-state index contributed by atoms with van der Waals surface area (Å²) >= 11 is 0. The van der Waals surface area contributed by atoms with Gasteiger partial charge in [0.25, 0.3) is 0 Å². The molecule has 0 radical (unpaired) electrons. The third-order valence-corrected chi connectivity index (χ3v) is 8.24. The Labute approximate surface area is 216 Å². The lowest BCUT2D eigenvalue weighted by Crippen LogP contribution is -2.72. The van der Waals surface area contributed by atoms with Crippen LogP contribution >= 0.6 is 0 Å². The normalized spacial score (nSPS) is 21.5. The van der Waals surface area contributed by atoms with Crippen LogP contribution in [0.5, 0.6) is 11.5 Å². The molecule has 3 aromatic rings. The van der Waals surface area contributed by atoms with Gasteiger partial charge in [-0.2, -0.15) is 0 Å². The molecule has 4 fully saturated rings. The lowest BCUT2D eigenvalue weighted by Gasteiger charge is -2.61. The van der Waals surface area contributed by atoms with E-state index >= 15 is 0 Å². The topological polar surface area (TPSA) is 63.6 Å². The van der Waals surface area contributed by atoms with E-state index in [0.717, 1.165) is 75.2 Å². The van der Waals surface area contributed by atoms with Gasteiger partial charge in [-0.15, -0.1) is 0 Å². The van der Waals surface area contributed by atoms with Gasteiger partial charge in [-0.25, -0.2) is 14.4 Å². The first-order chi connectivity index (χ1) is 18.2. The zero-order chi connectivity index (χ0) is 24.8. The summed E-state index contributed by atoms with van der Waals surface area (Å²) in [5, 5.41) is 0. The van der Waals surface area contributed by atoms with Crippen molar-refractivity contribution < 1.29 is 13.9 Å². The van der Waals surface area contributed by atoms with Gasteiger partial charge in [0, 0.05) is 74.6 Å². The molecule has 4 aliphatic rings. The van der Waals surface area contributed by atoms with Crippen molar-refractivity contribution >= 4 is 5.82 Å². The number of aromatic nitrogens is 3. The molecule has 0 N–H and O–H groups in total. The van der Waals surface area contributed by atoms with Crippen LogP contribution in [0.15, 0.2) is 49.1 Å².